The maximum absolute atomic E-state index is 12.3. The molecule has 0 radical (unpaired) electrons. The highest BCUT2D eigenvalue weighted by Crippen LogP contribution is 2.26. The Labute approximate surface area is 126 Å². The second-order valence-corrected chi connectivity index (χ2v) is 6.53. The van der Waals surface area contributed by atoms with Crippen LogP contribution in [0.2, 0.25) is 0 Å². The third-order valence-electron chi connectivity index (χ3n) is 2.53. The van der Waals surface area contributed by atoms with Crippen molar-refractivity contribution in [1.82, 2.24) is 0 Å². The molecule has 0 saturated carbocycles. The van der Waals surface area contributed by atoms with Gasteiger partial charge in [-0.25, -0.2) is 8.42 Å². The topological polar surface area (TPSA) is 72.2 Å². The Bertz CT molecular complexity index is 795. The predicted molar refractivity (Wildman–Crippen MR) is 83.7 cm³/mol. The van der Waals surface area contributed by atoms with Crippen molar-refractivity contribution < 1.29 is 8.42 Å². The maximum atomic E-state index is 12.3. The Morgan fingerprint density at radius 2 is 1.95 bits per heavy atom. The molecular formula is C14H11BrN2O2S. The number of nitrogen functional groups attached to an aromatic ring is 1. The highest BCUT2D eigenvalue weighted by Gasteiger charge is 2.18. The van der Waals surface area contributed by atoms with E-state index in [2.05, 4.69) is 26.6 Å². The van der Waals surface area contributed by atoms with Crippen LogP contribution in [0, 0.1) is 12.3 Å². The van der Waals surface area contributed by atoms with E-state index in [1.807, 2.05) is 0 Å². The van der Waals surface area contributed by atoms with Crippen molar-refractivity contribution in [2.75, 3.05) is 10.5 Å². The Hall–Kier alpha value is -1.97. The molecule has 0 saturated heterocycles. The minimum Gasteiger partial charge on any atom is -0.399 e. The van der Waals surface area contributed by atoms with E-state index in [0.29, 0.717) is 21.4 Å². The number of benzene rings is 2. The minimum absolute atomic E-state index is 0.0728. The zero-order valence-electron chi connectivity index (χ0n) is 10.3. The van der Waals surface area contributed by atoms with Gasteiger partial charge in [-0.15, -0.1) is 6.42 Å². The summed E-state index contributed by atoms with van der Waals surface area (Å²) in [5, 5.41) is 0. The molecule has 0 aliphatic carbocycles. The molecule has 2 rings (SSSR count). The molecule has 0 fully saturated rings. The Balaban J connectivity index is 2.41. The summed E-state index contributed by atoms with van der Waals surface area (Å²) in [6.07, 6.45) is 5.29. The van der Waals surface area contributed by atoms with Crippen LogP contribution >= 0.6 is 15.9 Å². The largest absolute Gasteiger partial charge is 0.399 e. The van der Waals surface area contributed by atoms with E-state index in [4.69, 9.17) is 12.2 Å². The van der Waals surface area contributed by atoms with E-state index in [1.165, 1.54) is 6.07 Å². The standard InChI is InChI=1S/C14H11BrN2O2S/c1-2-10-4-3-5-12(8-10)17-20(18,19)14-9-11(16)6-7-13(14)15/h1,3-9,17H,16H2. The van der Waals surface area contributed by atoms with Crippen LogP contribution in [0.5, 0.6) is 0 Å². The minimum atomic E-state index is -3.74. The first-order valence-corrected chi connectivity index (χ1v) is 7.84. The van der Waals surface area contributed by atoms with Crippen LogP contribution in [-0.4, -0.2) is 8.42 Å². The van der Waals surface area contributed by atoms with Gasteiger partial charge in [0, 0.05) is 15.7 Å². The Kier molecular flexibility index (Phi) is 4.02. The van der Waals surface area contributed by atoms with E-state index in [9.17, 15) is 8.42 Å². The van der Waals surface area contributed by atoms with E-state index in [0.717, 1.165) is 0 Å². The van der Waals surface area contributed by atoms with E-state index in [-0.39, 0.29) is 4.90 Å². The summed E-state index contributed by atoms with van der Waals surface area (Å²) in [7, 11) is -3.74. The lowest BCUT2D eigenvalue weighted by Crippen LogP contribution is -2.14. The maximum Gasteiger partial charge on any atom is 0.263 e. The molecular weight excluding hydrogens is 340 g/mol. The Morgan fingerprint density at radius 3 is 2.65 bits per heavy atom. The number of rotatable bonds is 3. The highest BCUT2D eigenvalue weighted by molar-refractivity contribution is 9.10. The lowest BCUT2D eigenvalue weighted by atomic mass is 10.2. The molecule has 2 aromatic rings. The van der Waals surface area contributed by atoms with Crippen molar-refractivity contribution in [2.45, 2.75) is 4.90 Å². The molecule has 2 aromatic carbocycles. The number of sulfonamides is 1. The monoisotopic (exact) mass is 350 g/mol. The van der Waals surface area contributed by atoms with Crippen molar-refractivity contribution in [1.29, 1.82) is 0 Å². The van der Waals surface area contributed by atoms with Gasteiger partial charge >= 0.3 is 0 Å². The fourth-order valence-electron chi connectivity index (χ4n) is 1.61. The van der Waals surface area contributed by atoms with Crippen LogP contribution in [0.25, 0.3) is 0 Å². The van der Waals surface area contributed by atoms with Gasteiger partial charge in [0.15, 0.2) is 0 Å². The lowest BCUT2D eigenvalue weighted by Gasteiger charge is -2.10. The van der Waals surface area contributed by atoms with Gasteiger partial charge in [-0.1, -0.05) is 12.0 Å². The molecule has 0 spiro atoms. The Morgan fingerprint density at radius 1 is 1.20 bits per heavy atom. The number of anilines is 2. The van der Waals surface area contributed by atoms with Crippen LogP contribution in [0.1, 0.15) is 5.56 Å². The number of nitrogens with two attached hydrogens (primary N) is 1. The van der Waals surface area contributed by atoms with Crippen molar-refractivity contribution in [2.24, 2.45) is 0 Å². The van der Waals surface area contributed by atoms with Crippen LogP contribution in [0.3, 0.4) is 0 Å². The fourth-order valence-corrected chi connectivity index (χ4v) is 3.66. The van der Waals surface area contributed by atoms with Gasteiger partial charge in [-0.05, 0) is 52.3 Å². The molecule has 0 aliphatic rings. The first-order valence-electron chi connectivity index (χ1n) is 5.57. The average molecular weight is 351 g/mol. The number of nitrogens with one attached hydrogen (secondary N) is 1. The van der Waals surface area contributed by atoms with E-state index < -0.39 is 10.0 Å². The van der Waals surface area contributed by atoms with Crippen LogP contribution in [-0.2, 0) is 10.0 Å². The van der Waals surface area contributed by atoms with Crippen LogP contribution < -0.4 is 10.5 Å². The van der Waals surface area contributed by atoms with Crippen molar-refractivity contribution in [3.63, 3.8) is 0 Å². The smallest absolute Gasteiger partial charge is 0.263 e. The molecule has 0 aliphatic heterocycles. The number of hydrogen-bond donors (Lipinski definition) is 2. The number of hydrogen-bond acceptors (Lipinski definition) is 3. The number of terminal acetylenes is 1. The summed E-state index contributed by atoms with van der Waals surface area (Å²) in [5.74, 6) is 2.45. The van der Waals surface area contributed by atoms with Crippen molar-refractivity contribution in [3.8, 4) is 12.3 Å². The lowest BCUT2D eigenvalue weighted by molar-refractivity contribution is 0.601. The van der Waals surface area contributed by atoms with Gasteiger partial charge in [-0.3, -0.25) is 4.72 Å². The van der Waals surface area contributed by atoms with Gasteiger partial charge in [0.25, 0.3) is 10.0 Å². The zero-order chi connectivity index (χ0) is 14.8. The third kappa shape index (κ3) is 3.13. The predicted octanol–water partition coefficient (Wildman–Crippen LogP) is 2.81. The molecule has 20 heavy (non-hydrogen) atoms. The molecule has 4 nitrogen and oxygen atoms in total. The fraction of sp³-hybridized carbons (Fsp3) is 0. The highest BCUT2D eigenvalue weighted by atomic mass is 79.9. The molecule has 0 heterocycles. The zero-order valence-corrected chi connectivity index (χ0v) is 12.7. The summed E-state index contributed by atoms with van der Waals surface area (Å²) in [5.41, 5.74) is 6.98. The molecule has 3 N–H and O–H groups in total. The van der Waals surface area contributed by atoms with E-state index in [1.54, 1.807) is 36.4 Å². The second kappa shape index (κ2) is 5.57. The molecule has 0 bridgehead atoms. The summed E-state index contributed by atoms with van der Waals surface area (Å²) in [6.45, 7) is 0. The van der Waals surface area contributed by atoms with E-state index >= 15 is 0 Å². The number of halogens is 1. The summed E-state index contributed by atoms with van der Waals surface area (Å²) >= 11 is 3.20. The van der Waals surface area contributed by atoms with Gasteiger partial charge in [0.05, 0.1) is 5.69 Å². The summed E-state index contributed by atoms with van der Waals surface area (Å²) < 4.78 is 27.6. The SMILES string of the molecule is C#Cc1cccc(NS(=O)(=O)c2cc(N)ccc2Br)c1. The van der Waals surface area contributed by atoms with Crippen molar-refractivity contribution >= 4 is 37.3 Å². The first-order chi connectivity index (χ1) is 9.42. The van der Waals surface area contributed by atoms with Crippen LogP contribution in [0.4, 0.5) is 11.4 Å². The molecule has 102 valence electrons. The van der Waals surface area contributed by atoms with Gasteiger partial charge in [0.1, 0.15) is 4.90 Å². The summed E-state index contributed by atoms with van der Waals surface area (Å²) in [6, 6.07) is 11.2. The average Bonchev–Trinajstić information content (AvgIpc) is 2.41. The molecule has 0 amide bonds. The molecule has 0 aromatic heterocycles. The third-order valence-corrected chi connectivity index (χ3v) is 4.90. The van der Waals surface area contributed by atoms with Crippen molar-refractivity contribution in [3.05, 3.63) is 52.5 Å². The molecule has 0 unspecified atom stereocenters. The van der Waals surface area contributed by atoms with Crippen LogP contribution in [0.15, 0.2) is 51.8 Å². The summed E-state index contributed by atoms with van der Waals surface area (Å²) in [4.78, 5) is 0.0728. The normalized spacial score (nSPS) is 10.8. The van der Waals surface area contributed by atoms with Gasteiger partial charge in [0.2, 0.25) is 0 Å². The van der Waals surface area contributed by atoms with Gasteiger partial charge < -0.3 is 5.73 Å². The van der Waals surface area contributed by atoms with Gasteiger partial charge in [-0.2, -0.15) is 0 Å². The molecule has 0 atom stereocenters. The second-order valence-electron chi connectivity index (χ2n) is 4.02. The molecule has 6 heteroatoms. The quantitative estimate of drug-likeness (QED) is 0.660. The first kappa shape index (κ1) is 14.4.